The average Bonchev–Trinajstić information content (AvgIpc) is 3.69. The average molecular weight is 1200 g/mol. The van der Waals surface area contributed by atoms with E-state index in [-0.39, 0.29) is 103 Å². The van der Waals surface area contributed by atoms with Gasteiger partial charge in [0.1, 0.15) is 12.3 Å². The number of halogens is 1. The number of Topliss-reactive ketones (excluding diaryl/α,β-unsaturated/α-hetero) is 1. The number of hydrogen-bond acceptors (Lipinski definition) is 17. The SMILES string of the molecule is CC1(C)CC(=O)C(C(CCOCCOCCOCCOCCNC(=O)CCCC[C@@H]2SC[C@@H]3NC(=O)N[C@@H]32)=NCCCC(=O)NC2=CC=C(n3nnc(C(=O)NCCCN4C(=O)CN=C(c5ccccc5)c5cc(Cl)ccc54)n3)CC2)=C(O)C1. The maximum atomic E-state index is 13.3. The number of benzodiazepines with no additional fused rings is 1. The Morgan fingerprint density at radius 1 is 0.833 bits per heavy atom. The van der Waals surface area contributed by atoms with Crippen LogP contribution >= 0.6 is 23.4 Å². The first-order valence-corrected chi connectivity index (χ1v) is 30.4. The Kier molecular flexibility index (Phi) is 24.0. The lowest BCUT2D eigenvalue weighted by Gasteiger charge is -2.30. The van der Waals surface area contributed by atoms with Crippen LogP contribution in [-0.2, 0) is 38.1 Å². The predicted octanol–water partition coefficient (Wildman–Crippen LogP) is 5.69. The maximum Gasteiger partial charge on any atom is 0.315 e. The quantitative estimate of drug-likeness (QED) is 0.0243. The molecular weight excluding hydrogens is 1120 g/mol. The van der Waals surface area contributed by atoms with Crippen molar-refractivity contribution in [2.75, 3.05) is 96.2 Å². The first kappa shape index (κ1) is 63.2. The van der Waals surface area contributed by atoms with Gasteiger partial charge in [0.15, 0.2) is 5.78 Å². The van der Waals surface area contributed by atoms with Gasteiger partial charge in [-0.1, -0.05) is 62.2 Å². The lowest BCUT2D eigenvalue weighted by Crippen LogP contribution is -2.36. The zero-order valence-corrected chi connectivity index (χ0v) is 49.4. The number of hydrogen-bond donors (Lipinski definition) is 6. The highest BCUT2D eigenvalue weighted by atomic mass is 35.5. The number of carbonyl (C=O) groups excluding carboxylic acids is 6. The van der Waals surface area contributed by atoms with Crippen molar-refractivity contribution in [3.63, 3.8) is 0 Å². The zero-order chi connectivity index (χ0) is 59.3. The van der Waals surface area contributed by atoms with Crippen molar-refractivity contribution < 1.29 is 52.8 Å². The molecule has 3 aromatic rings. The van der Waals surface area contributed by atoms with Crippen LogP contribution in [0.4, 0.5) is 10.5 Å². The summed E-state index contributed by atoms with van der Waals surface area (Å²) in [6.45, 7) is 7.92. The van der Waals surface area contributed by atoms with Crippen LogP contribution in [0.1, 0.15) is 113 Å². The van der Waals surface area contributed by atoms with Gasteiger partial charge in [0.2, 0.25) is 17.7 Å². The zero-order valence-electron chi connectivity index (χ0n) is 47.8. The van der Waals surface area contributed by atoms with Gasteiger partial charge in [-0.05, 0) is 79.5 Å². The van der Waals surface area contributed by atoms with Crippen molar-refractivity contribution in [1.82, 2.24) is 46.8 Å². The second kappa shape index (κ2) is 31.9. The van der Waals surface area contributed by atoms with Gasteiger partial charge in [0, 0.05) is 91.1 Å². The molecule has 2 aromatic carbocycles. The summed E-state index contributed by atoms with van der Waals surface area (Å²) in [5, 5.41) is 38.9. The lowest BCUT2D eigenvalue weighted by molar-refractivity contribution is -0.122. The minimum atomic E-state index is -0.508. The van der Waals surface area contributed by atoms with Crippen molar-refractivity contribution in [3.8, 4) is 0 Å². The van der Waals surface area contributed by atoms with E-state index >= 15 is 0 Å². The Morgan fingerprint density at radius 3 is 2.33 bits per heavy atom. The molecule has 4 heterocycles. The van der Waals surface area contributed by atoms with Crippen LogP contribution in [0.5, 0.6) is 0 Å². The van der Waals surface area contributed by atoms with Gasteiger partial charge in [-0.3, -0.25) is 34.0 Å². The highest BCUT2D eigenvalue weighted by Gasteiger charge is 2.42. The molecule has 84 heavy (non-hydrogen) atoms. The number of benzene rings is 2. The van der Waals surface area contributed by atoms with E-state index in [4.69, 9.17) is 35.5 Å². The number of unbranched alkanes of at least 4 members (excludes halogenated alkanes) is 1. The van der Waals surface area contributed by atoms with Gasteiger partial charge in [-0.25, -0.2) is 4.79 Å². The van der Waals surface area contributed by atoms with Crippen LogP contribution in [0.15, 0.2) is 87.7 Å². The number of ketones is 1. The van der Waals surface area contributed by atoms with E-state index in [9.17, 15) is 33.9 Å². The standard InChI is InChI=1S/C59H77ClN12O11S/c1-59(2)35-47(73)53(48(74)36-59)44(21-26-80-28-30-82-32-33-83-31-29-81-27-24-62-50(75)13-7-6-12-49-55-45(38-84-49)66-58(79)67-55)61-22-8-14-51(76)65-41-16-18-42(19-17-41)72-69-56(68-70-72)57(78)63-23-9-25-71-46-20-15-40(60)34-43(46)54(64-37-52(71)77)39-10-4-3-5-11-39/h3-5,10-11,15-16,18,20,34,45,49,55,73H,6-9,12-14,17,19,21-33,35-38H2,1-2H3,(H,62,75)(H,63,78)(H,65,76)(H2,66,67,79)/t45-,49-,55-/m0/s1. The number of ether oxygens (including phenoxy) is 4. The number of aliphatic imine (C=N–C) groups is 2. The van der Waals surface area contributed by atoms with E-state index in [0.717, 1.165) is 36.1 Å². The fraction of sp³-hybridized carbons (Fsp3) is 0.542. The number of fused-ring (bicyclic) bond motifs is 2. The van der Waals surface area contributed by atoms with E-state index < -0.39 is 5.91 Å². The summed E-state index contributed by atoms with van der Waals surface area (Å²) < 4.78 is 22.6. The molecular formula is C59H77ClN12O11S. The molecule has 5 aliphatic rings. The molecule has 2 saturated heterocycles. The molecule has 1 aromatic heterocycles. The largest absolute Gasteiger partial charge is 0.511 e. The molecule has 23 nitrogen and oxygen atoms in total. The van der Waals surface area contributed by atoms with Crippen LogP contribution in [-0.4, -0.2) is 181 Å². The monoisotopic (exact) mass is 1200 g/mol. The Balaban J connectivity index is 0.676. The Bertz CT molecular complexity index is 2970. The molecule has 6 N–H and O–H groups in total. The van der Waals surface area contributed by atoms with Crippen LogP contribution in [0.2, 0.25) is 5.02 Å². The molecule has 0 saturated carbocycles. The number of carbonyl (C=O) groups is 6. The molecule has 3 atom stereocenters. The molecule has 6 amide bonds. The number of thioether (sulfide) groups is 1. The summed E-state index contributed by atoms with van der Waals surface area (Å²) >= 11 is 8.28. The summed E-state index contributed by atoms with van der Waals surface area (Å²) in [6.07, 6.45) is 9.63. The number of allylic oxidation sites excluding steroid dienone is 6. The smallest absolute Gasteiger partial charge is 0.315 e. The van der Waals surface area contributed by atoms with Gasteiger partial charge in [-0.15, -0.1) is 15.0 Å². The number of nitrogens with zero attached hydrogens (tertiary/aromatic N) is 7. The second-order valence-corrected chi connectivity index (χ2v) is 23.5. The number of anilines is 1. The van der Waals surface area contributed by atoms with E-state index in [1.54, 1.807) is 23.1 Å². The van der Waals surface area contributed by atoms with Crippen LogP contribution in [0.3, 0.4) is 0 Å². The van der Waals surface area contributed by atoms with E-state index in [0.29, 0.717) is 143 Å². The molecule has 2 fully saturated rings. The van der Waals surface area contributed by atoms with Crippen molar-refractivity contribution in [2.24, 2.45) is 15.4 Å². The second-order valence-electron chi connectivity index (χ2n) is 21.8. The van der Waals surface area contributed by atoms with E-state index in [1.165, 1.54) is 4.80 Å². The maximum absolute atomic E-state index is 13.3. The summed E-state index contributed by atoms with van der Waals surface area (Å²) in [5.41, 5.74) is 4.72. The minimum Gasteiger partial charge on any atom is -0.511 e. The number of rotatable bonds is 33. The Hall–Kier alpha value is -6.83. The first-order chi connectivity index (χ1) is 40.7. The van der Waals surface area contributed by atoms with Gasteiger partial charge in [-0.2, -0.15) is 11.8 Å². The van der Waals surface area contributed by atoms with Crippen LogP contribution in [0, 0.1) is 5.41 Å². The molecule has 8 rings (SSSR count). The molecule has 452 valence electrons. The number of nitrogens with one attached hydrogen (secondary N) is 5. The van der Waals surface area contributed by atoms with Gasteiger partial charge in [0.05, 0.1) is 93.3 Å². The van der Waals surface area contributed by atoms with Crippen molar-refractivity contribution in [1.29, 1.82) is 0 Å². The van der Waals surface area contributed by atoms with Gasteiger partial charge in [0.25, 0.3) is 11.7 Å². The minimum absolute atomic E-state index is 0.00659. The molecule has 25 heteroatoms. The summed E-state index contributed by atoms with van der Waals surface area (Å²) in [5.74, 6) is -0.193. The third-order valence-electron chi connectivity index (χ3n) is 14.6. The van der Waals surface area contributed by atoms with Crippen molar-refractivity contribution in [3.05, 3.63) is 99.7 Å². The summed E-state index contributed by atoms with van der Waals surface area (Å²) in [7, 11) is 0. The molecule has 0 radical (unpaired) electrons. The number of tetrazole rings is 1. The highest BCUT2D eigenvalue weighted by Crippen LogP contribution is 2.37. The van der Waals surface area contributed by atoms with Crippen molar-refractivity contribution in [2.45, 2.75) is 108 Å². The Labute approximate surface area is 498 Å². The molecule has 0 bridgehead atoms. The van der Waals surface area contributed by atoms with Crippen LogP contribution < -0.4 is 31.5 Å². The summed E-state index contributed by atoms with van der Waals surface area (Å²) in [6, 6.07) is 15.3. The van der Waals surface area contributed by atoms with Gasteiger partial charge < -0.3 is 55.5 Å². The number of aromatic nitrogens is 4. The molecule has 3 aliphatic heterocycles. The third-order valence-corrected chi connectivity index (χ3v) is 16.4. The Morgan fingerprint density at radius 2 is 1.58 bits per heavy atom. The third kappa shape index (κ3) is 18.8. The topological polar surface area (TPSA) is 291 Å². The fourth-order valence-electron chi connectivity index (χ4n) is 10.5. The molecule has 0 unspecified atom stereocenters. The molecule has 0 spiro atoms. The van der Waals surface area contributed by atoms with E-state index in [1.807, 2.05) is 68.1 Å². The summed E-state index contributed by atoms with van der Waals surface area (Å²) in [4.78, 5) is 88.8. The number of aliphatic hydroxyl groups excluding tert-OH is 1. The normalized spacial score (nSPS) is 19.4. The predicted molar refractivity (Wildman–Crippen MR) is 319 cm³/mol. The molecule has 2 aliphatic carbocycles. The lowest BCUT2D eigenvalue weighted by atomic mass is 9.75. The van der Waals surface area contributed by atoms with E-state index in [2.05, 4.69) is 47.0 Å². The number of amides is 6. The van der Waals surface area contributed by atoms with Gasteiger partial charge >= 0.3 is 6.03 Å². The van der Waals surface area contributed by atoms with Crippen molar-refractivity contribution >= 4 is 81.6 Å². The van der Waals surface area contributed by atoms with Crippen LogP contribution in [0.25, 0.3) is 5.70 Å². The fourth-order valence-corrected chi connectivity index (χ4v) is 12.2. The number of aliphatic hydroxyl groups is 1. The highest BCUT2D eigenvalue weighted by molar-refractivity contribution is 8.00. The number of urea groups is 1. The first-order valence-electron chi connectivity index (χ1n) is 28.9.